The molecule has 1 saturated carbocycles. The van der Waals surface area contributed by atoms with Crippen LogP contribution in [-0.4, -0.2) is 20.5 Å². The maximum Gasteiger partial charge on any atom is 0.205 e. The molecule has 0 saturated heterocycles. The first-order valence-electron chi connectivity index (χ1n) is 7.55. The van der Waals surface area contributed by atoms with Crippen LogP contribution in [-0.2, 0) is 0 Å². The van der Waals surface area contributed by atoms with Crippen LogP contribution in [0.25, 0.3) is 16.5 Å². The van der Waals surface area contributed by atoms with E-state index in [4.69, 9.17) is 0 Å². The van der Waals surface area contributed by atoms with E-state index in [9.17, 15) is 0 Å². The second-order valence-corrected chi connectivity index (χ2v) is 7.45. The van der Waals surface area contributed by atoms with Gasteiger partial charge in [0.25, 0.3) is 0 Å². The van der Waals surface area contributed by atoms with E-state index in [2.05, 4.69) is 74.0 Å². The third kappa shape index (κ3) is 2.36. The topological polar surface area (TPSA) is 30.7 Å². The Balaban J connectivity index is 1.96. The predicted molar refractivity (Wildman–Crippen MR) is 94.9 cm³/mol. The summed E-state index contributed by atoms with van der Waals surface area (Å²) in [6.45, 7) is 2.13. The van der Waals surface area contributed by atoms with Crippen LogP contribution < -0.4 is 0 Å². The summed E-state index contributed by atoms with van der Waals surface area (Å²) in [5.74, 6) is 1.72. The third-order valence-corrected chi connectivity index (χ3v) is 5.38. The van der Waals surface area contributed by atoms with Crippen molar-refractivity contribution in [2.24, 2.45) is 0 Å². The highest BCUT2D eigenvalue weighted by atomic mass is 79.9. The van der Waals surface area contributed by atoms with Crippen LogP contribution in [0, 0.1) is 0 Å². The number of nitrogens with zero attached hydrogens (tertiary/aromatic N) is 3. The monoisotopic (exact) mass is 373 g/mol. The van der Waals surface area contributed by atoms with Crippen molar-refractivity contribution < 1.29 is 0 Å². The first kappa shape index (κ1) is 14.3. The van der Waals surface area contributed by atoms with Gasteiger partial charge in [0.15, 0.2) is 5.16 Å². The molecule has 1 heterocycles. The first-order valence-corrected chi connectivity index (χ1v) is 9.33. The molecular weight excluding hydrogens is 358 g/mol. The first-order chi connectivity index (χ1) is 10.8. The maximum absolute atomic E-state index is 4.29. The van der Waals surface area contributed by atoms with E-state index >= 15 is 0 Å². The van der Waals surface area contributed by atoms with Crippen LogP contribution in [0.15, 0.2) is 46.3 Å². The molecule has 22 heavy (non-hydrogen) atoms. The zero-order valence-corrected chi connectivity index (χ0v) is 14.7. The van der Waals surface area contributed by atoms with Gasteiger partial charge in [-0.25, -0.2) is 0 Å². The van der Waals surface area contributed by atoms with Crippen LogP contribution >= 0.6 is 27.7 Å². The summed E-state index contributed by atoms with van der Waals surface area (Å²) < 4.78 is 2.86. The number of hydrogen-bond acceptors (Lipinski definition) is 3. The van der Waals surface area contributed by atoms with Crippen LogP contribution in [0.5, 0.6) is 0 Å². The smallest absolute Gasteiger partial charge is 0.205 e. The Morgan fingerprint density at radius 1 is 1.14 bits per heavy atom. The molecule has 4 rings (SSSR count). The summed E-state index contributed by atoms with van der Waals surface area (Å²) in [6, 6.07) is 13.2. The molecular formula is C17H16BrN3S. The molecule has 112 valence electrons. The van der Waals surface area contributed by atoms with Gasteiger partial charge in [-0.05, 0) is 57.5 Å². The van der Waals surface area contributed by atoms with Gasteiger partial charge in [0.05, 0.1) is 5.69 Å². The average Bonchev–Trinajstić information content (AvgIpc) is 3.32. The van der Waals surface area contributed by atoms with Gasteiger partial charge in [-0.1, -0.05) is 49.0 Å². The van der Waals surface area contributed by atoms with Crippen LogP contribution in [0.3, 0.4) is 0 Å². The SMILES string of the molecule is CCSc1nnc(Br)n1-c1ccc(C2CC2)c2ccccc12. The fourth-order valence-corrected chi connectivity index (χ4v) is 4.16. The van der Waals surface area contributed by atoms with Crippen molar-refractivity contribution in [3.8, 4) is 5.69 Å². The number of benzene rings is 2. The second kappa shape index (κ2) is 5.70. The Labute approximate surface area is 142 Å². The van der Waals surface area contributed by atoms with Gasteiger partial charge in [-0.15, -0.1) is 10.2 Å². The number of hydrogen-bond donors (Lipinski definition) is 0. The molecule has 1 aliphatic carbocycles. The number of thioether (sulfide) groups is 1. The highest BCUT2D eigenvalue weighted by Crippen LogP contribution is 2.44. The lowest BCUT2D eigenvalue weighted by molar-refractivity contribution is 0.882. The van der Waals surface area contributed by atoms with Crippen molar-refractivity contribution >= 4 is 38.5 Å². The Morgan fingerprint density at radius 2 is 1.91 bits per heavy atom. The van der Waals surface area contributed by atoms with Crippen molar-refractivity contribution in [3.63, 3.8) is 0 Å². The molecule has 0 aliphatic heterocycles. The van der Waals surface area contributed by atoms with Crippen molar-refractivity contribution in [2.75, 3.05) is 5.75 Å². The summed E-state index contributed by atoms with van der Waals surface area (Å²) in [4.78, 5) is 0. The molecule has 0 amide bonds. The molecule has 3 nitrogen and oxygen atoms in total. The van der Waals surface area contributed by atoms with Gasteiger partial charge in [0.1, 0.15) is 0 Å². The molecule has 1 fully saturated rings. The zero-order chi connectivity index (χ0) is 15.1. The lowest BCUT2D eigenvalue weighted by Crippen LogP contribution is -1.99. The van der Waals surface area contributed by atoms with Crippen molar-refractivity contribution in [2.45, 2.75) is 30.8 Å². The van der Waals surface area contributed by atoms with E-state index in [0.29, 0.717) is 0 Å². The van der Waals surface area contributed by atoms with Gasteiger partial charge in [0, 0.05) is 5.39 Å². The number of aromatic nitrogens is 3. The Kier molecular flexibility index (Phi) is 3.70. The number of fused-ring (bicyclic) bond motifs is 1. The molecule has 0 radical (unpaired) electrons. The molecule has 1 aromatic heterocycles. The number of halogens is 1. The zero-order valence-electron chi connectivity index (χ0n) is 12.3. The highest BCUT2D eigenvalue weighted by Gasteiger charge is 2.26. The maximum atomic E-state index is 4.29. The molecule has 0 atom stereocenters. The second-order valence-electron chi connectivity index (χ2n) is 5.51. The predicted octanol–water partition coefficient (Wildman–Crippen LogP) is 5.17. The fourth-order valence-electron chi connectivity index (χ4n) is 2.93. The largest absolute Gasteiger partial charge is 0.264 e. The van der Waals surface area contributed by atoms with E-state index in [1.807, 2.05) is 0 Å². The van der Waals surface area contributed by atoms with Crippen molar-refractivity contribution in [1.29, 1.82) is 0 Å². The minimum absolute atomic E-state index is 0.743. The Hall–Kier alpha value is -1.33. The van der Waals surface area contributed by atoms with Crippen LogP contribution in [0.4, 0.5) is 0 Å². The lowest BCUT2D eigenvalue weighted by atomic mass is 9.99. The molecule has 0 unspecified atom stereocenters. The van der Waals surface area contributed by atoms with Crippen molar-refractivity contribution in [1.82, 2.24) is 14.8 Å². The quantitative estimate of drug-likeness (QED) is 0.590. The molecule has 2 aromatic carbocycles. The van der Waals surface area contributed by atoms with Gasteiger partial charge >= 0.3 is 0 Å². The summed E-state index contributed by atoms with van der Waals surface area (Å²) in [5.41, 5.74) is 2.63. The lowest BCUT2D eigenvalue weighted by Gasteiger charge is -2.13. The standard InChI is InChI=1S/C17H16BrN3S/c1-2-22-17-20-19-16(18)21(17)15-10-9-12(11-7-8-11)13-5-3-4-6-14(13)15/h3-6,9-11H,2,7-8H2,1H3. The van der Waals surface area contributed by atoms with Gasteiger partial charge in [-0.3, -0.25) is 4.57 Å². The molecule has 3 aromatic rings. The Bertz CT molecular complexity index is 839. The van der Waals surface area contributed by atoms with Crippen LogP contribution in [0.1, 0.15) is 31.2 Å². The summed E-state index contributed by atoms with van der Waals surface area (Å²) in [6.07, 6.45) is 2.63. The van der Waals surface area contributed by atoms with E-state index < -0.39 is 0 Å². The van der Waals surface area contributed by atoms with Gasteiger partial charge in [-0.2, -0.15) is 0 Å². The van der Waals surface area contributed by atoms with Crippen LogP contribution in [0.2, 0.25) is 0 Å². The van der Waals surface area contributed by atoms with E-state index in [-0.39, 0.29) is 0 Å². The third-order valence-electron chi connectivity index (χ3n) is 4.06. The Morgan fingerprint density at radius 3 is 2.64 bits per heavy atom. The average molecular weight is 374 g/mol. The molecule has 0 bridgehead atoms. The normalized spacial score (nSPS) is 14.6. The van der Waals surface area contributed by atoms with Gasteiger partial charge < -0.3 is 0 Å². The molecule has 0 spiro atoms. The minimum atomic E-state index is 0.743. The van der Waals surface area contributed by atoms with E-state index in [1.165, 1.54) is 29.2 Å². The minimum Gasteiger partial charge on any atom is -0.264 e. The highest BCUT2D eigenvalue weighted by molar-refractivity contribution is 9.10. The van der Waals surface area contributed by atoms with E-state index in [0.717, 1.165) is 27.2 Å². The number of rotatable bonds is 4. The summed E-state index contributed by atoms with van der Waals surface area (Å²) in [7, 11) is 0. The molecule has 5 heteroatoms. The summed E-state index contributed by atoms with van der Waals surface area (Å²) in [5, 5.41) is 12.0. The molecule has 1 aliphatic rings. The van der Waals surface area contributed by atoms with E-state index in [1.54, 1.807) is 11.8 Å². The molecule has 0 N–H and O–H groups in total. The van der Waals surface area contributed by atoms with Gasteiger partial charge in [0.2, 0.25) is 4.73 Å². The fraction of sp³-hybridized carbons (Fsp3) is 0.294. The van der Waals surface area contributed by atoms with Crippen molar-refractivity contribution in [3.05, 3.63) is 46.7 Å². The summed E-state index contributed by atoms with van der Waals surface area (Å²) >= 11 is 5.25.